The Labute approximate surface area is 168 Å². The average Bonchev–Trinajstić information content (AvgIpc) is 3.23. The molecule has 2 aromatic rings. The molecule has 1 aromatic heterocycles. The monoisotopic (exact) mass is 421 g/mol. The maximum absolute atomic E-state index is 11.9. The summed E-state index contributed by atoms with van der Waals surface area (Å²) < 4.78 is 32.9. The van der Waals surface area contributed by atoms with Crippen molar-refractivity contribution in [2.75, 3.05) is 23.8 Å². The molecule has 1 amide bonds. The number of sulfonamides is 1. The fourth-order valence-electron chi connectivity index (χ4n) is 2.54. The summed E-state index contributed by atoms with van der Waals surface area (Å²) in [6, 6.07) is 5.79. The number of nitrogens with one attached hydrogen (secondary N) is 2. The summed E-state index contributed by atoms with van der Waals surface area (Å²) in [6.07, 6.45) is 4.00. The number of carbonyl (C=O) groups is 1. The first-order valence-electron chi connectivity index (χ1n) is 9.00. The molecule has 0 saturated carbocycles. The molecule has 29 heavy (non-hydrogen) atoms. The van der Waals surface area contributed by atoms with Gasteiger partial charge in [0, 0.05) is 18.9 Å². The number of hydrogen-bond donors (Lipinski definition) is 3. The second-order valence-corrected chi connectivity index (χ2v) is 8.55. The highest BCUT2D eigenvalue weighted by molar-refractivity contribution is 7.89. The van der Waals surface area contributed by atoms with Crippen LogP contribution in [0.25, 0.3) is 0 Å². The quantitative estimate of drug-likeness (QED) is 0.680. The van der Waals surface area contributed by atoms with Gasteiger partial charge >= 0.3 is 0 Å². The van der Waals surface area contributed by atoms with Gasteiger partial charge in [-0.2, -0.15) is 4.98 Å². The normalized spacial score (nSPS) is 17.3. The second kappa shape index (κ2) is 8.31. The van der Waals surface area contributed by atoms with E-state index >= 15 is 0 Å². The molecule has 0 unspecified atom stereocenters. The SMILES string of the molecule is C1CCOC1.CC1(C)Oc2cnc(Nc3ccc(S(N)(=O)=O)cc3)nc2NC1=O. The molecule has 10 nitrogen and oxygen atoms in total. The van der Waals surface area contributed by atoms with E-state index < -0.39 is 15.6 Å². The van der Waals surface area contributed by atoms with E-state index in [0.29, 0.717) is 11.4 Å². The maximum atomic E-state index is 11.9. The lowest BCUT2D eigenvalue weighted by molar-refractivity contribution is -0.129. The van der Waals surface area contributed by atoms with Gasteiger partial charge in [0.2, 0.25) is 16.0 Å². The number of primary sulfonamides is 1. The second-order valence-electron chi connectivity index (χ2n) is 6.99. The van der Waals surface area contributed by atoms with Crippen molar-refractivity contribution in [1.29, 1.82) is 0 Å². The van der Waals surface area contributed by atoms with Crippen molar-refractivity contribution in [2.45, 2.75) is 37.2 Å². The highest BCUT2D eigenvalue weighted by Gasteiger charge is 2.36. The van der Waals surface area contributed by atoms with Crippen molar-refractivity contribution in [2.24, 2.45) is 5.14 Å². The van der Waals surface area contributed by atoms with E-state index in [4.69, 9.17) is 14.6 Å². The fraction of sp³-hybridized carbons (Fsp3) is 0.389. The fourth-order valence-corrected chi connectivity index (χ4v) is 3.06. The number of hydrogen-bond acceptors (Lipinski definition) is 8. The number of nitrogens with two attached hydrogens (primary N) is 1. The molecule has 1 aromatic carbocycles. The number of anilines is 3. The summed E-state index contributed by atoms with van der Waals surface area (Å²) in [7, 11) is -3.74. The zero-order valence-electron chi connectivity index (χ0n) is 16.1. The molecule has 4 N–H and O–H groups in total. The van der Waals surface area contributed by atoms with E-state index in [0.717, 1.165) is 13.2 Å². The molecule has 1 fully saturated rings. The van der Waals surface area contributed by atoms with Crippen LogP contribution in [0, 0.1) is 0 Å². The largest absolute Gasteiger partial charge is 0.472 e. The van der Waals surface area contributed by atoms with Crippen molar-refractivity contribution < 1.29 is 22.7 Å². The molecule has 11 heteroatoms. The third kappa shape index (κ3) is 5.40. The summed E-state index contributed by atoms with van der Waals surface area (Å²) >= 11 is 0. The summed E-state index contributed by atoms with van der Waals surface area (Å²) in [5, 5.41) is 10.6. The Morgan fingerprint density at radius 1 is 1.17 bits per heavy atom. The highest BCUT2D eigenvalue weighted by atomic mass is 32.2. The highest BCUT2D eigenvalue weighted by Crippen LogP contribution is 2.32. The Hall–Kier alpha value is -2.76. The minimum atomic E-state index is -3.74. The Balaban J connectivity index is 0.000000419. The minimum Gasteiger partial charge on any atom is -0.472 e. The third-order valence-corrected chi connectivity index (χ3v) is 5.09. The number of fused-ring (bicyclic) bond motifs is 1. The molecule has 0 aliphatic carbocycles. The molecular formula is C18H23N5O5S. The van der Waals surface area contributed by atoms with Gasteiger partial charge in [-0.15, -0.1) is 0 Å². The predicted molar refractivity (Wildman–Crippen MR) is 107 cm³/mol. The number of rotatable bonds is 3. The predicted octanol–water partition coefficient (Wildman–Crippen LogP) is 1.77. The molecule has 3 heterocycles. The topological polar surface area (TPSA) is 146 Å². The van der Waals surface area contributed by atoms with Gasteiger partial charge < -0.3 is 20.1 Å². The molecule has 0 atom stereocenters. The first kappa shape index (κ1) is 21.0. The standard InChI is InChI=1S/C14H15N5O4S.C4H8O/c1-14(2)12(20)18-11-10(23-14)7-16-13(19-11)17-8-3-5-9(6-4-8)24(15,21)22;1-2-4-5-3-1/h3-7H,1-2H3,(H2,15,21,22)(H2,16,17,18,19,20);1-4H2. The van der Waals surface area contributed by atoms with E-state index in [1.807, 2.05) is 0 Å². The molecular weight excluding hydrogens is 398 g/mol. The van der Waals surface area contributed by atoms with Gasteiger partial charge in [-0.1, -0.05) is 0 Å². The number of ether oxygens (including phenoxy) is 2. The summed E-state index contributed by atoms with van der Waals surface area (Å²) in [4.78, 5) is 20.2. The van der Waals surface area contributed by atoms with Crippen molar-refractivity contribution in [3.63, 3.8) is 0 Å². The van der Waals surface area contributed by atoms with Crippen LogP contribution in [0.1, 0.15) is 26.7 Å². The van der Waals surface area contributed by atoms with Crippen LogP contribution < -0.4 is 20.5 Å². The van der Waals surface area contributed by atoms with Crippen molar-refractivity contribution >= 4 is 33.4 Å². The van der Waals surface area contributed by atoms with E-state index in [1.165, 1.54) is 43.3 Å². The molecule has 4 rings (SSSR count). The van der Waals surface area contributed by atoms with Crippen molar-refractivity contribution in [1.82, 2.24) is 9.97 Å². The zero-order chi connectivity index (χ0) is 21.1. The summed E-state index contributed by atoms with van der Waals surface area (Å²) in [6.45, 7) is 5.29. The third-order valence-electron chi connectivity index (χ3n) is 4.17. The maximum Gasteiger partial charge on any atom is 0.269 e. The Kier molecular flexibility index (Phi) is 6.01. The minimum absolute atomic E-state index is 0.00213. The van der Waals surface area contributed by atoms with E-state index in [-0.39, 0.29) is 22.6 Å². The lowest BCUT2D eigenvalue weighted by Crippen LogP contribution is -2.46. The number of carbonyl (C=O) groups excluding carboxylic acids is 1. The number of benzene rings is 1. The zero-order valence-corrected chi connectivity index (χ0v) is 17.0. The van der Waals surface area contributed by atoms with Gasteiger partial charge in [0.15, 0.2) is 17.2 Å². The van der Waals surface area contributed by atoms with Gasteiger partial charge in [-0.3, -0.25) is 4.79 Å². The van der Waals surface area contributed by atoms with Gasteiger partial charge in [0.25, 0.3) is 5.91 Å². The first-order chi connectivity index (χ1) is 13.6. The summed E-state index contributed by atoms with van der Waals surface area (Å²) in [5.41, 5.74) is -0.430. The summed E-state index contributed by atoms with van der Waals surface area (Å²) in [5.74, 6) is 0.547. The molecule has 2 aliphatic rings. The molecule has 156 valence electrons. The number of nitrogens with zero attached hydrogens (tertiary/aromatic N) is 2. The molecule has 2 aliphatic heterocycles. The van der Waals surface area contributed by atoms with Gasteiger partial charge in [0.05, 0.1) is 11.1 Å². The van der Waals surface area contributed by atoms with E-state index in [2.05, 4.69) is 20.6 Å². The molecule has 1 saturated heterocycles. The van der Waals surface area contributed by atoms with Crippen LogP contribution in [0.3, 0.4) is 0 Å². The lowest BCUT2D eigenvalue weighted by Gasteiger charge is -2.30. The van der Waals surface area contributed by atoms with Crippen LogP contribution in [0.15, 0.2) is 35.4 Å². The lowest BCUT2D eigenvalue weighted by atomic mass is 10.1. The molecule has 0 spiro atoms. The Bertz CT molecular complexity index is 981. The van der Waals surface area contributed by atoms with Crippen LogP contribution in [0.2, 0.25) is 0 Å². The molecule has 0 bridgehead atoms. The smallest absolute Gasteiger partial charge is 0.269 e. The van der Waals surface area contributed by atoms with Crippen LogP contribution in [0.4, 0.5) is 17.5 Å². The Morgan fingerprint density at radius 3 is 2.38 bits per heavy atom. The van der Waals surface area contributed by atoms with Crippen LogP contribution in [-0.2, 0) is 19.6 Å². The van der Waals surface area contributed by atoms with Gasteiger partial charge in [0.1, 0.15) is 0 Å². The number of aromatic nitrogens is 2. The van der Waals surface area contributed by atoms with Gasteiger partial charge in [-0.05, 0) is 51.0 Å². The molecule has 0 radical (unpaired) electrons. The first-order valence-corrected chi connectivity index (χ1v) is 10.5. The van der Waals surface area contributed by atoms with Crippen LogP contribution >= 0.6 is 0 Å². The van der Waals surface area contributed by atoms with Crippen LogP contribution in [0.5, 0.6) is 5.75 Å². The average molecular weight is 421 g/mol. The van der Waals surface area contributed by atoms with E-state index in [1.54, 1.807) is 13.8 Å². The van der Waals surface area contributed by atoms with Crippen LogP contribution in [-0.4, -0.2) is 43.1 Å². The van der Waals surface area contributed by atoms with E-state index in [9.17, 15) is 13.2 Å². The van der Waals surface area contributed by atoms with Crippen molar-refractivity contribution in [3.05, 3.63) is 30.5 Å². The van der Waals surface area contributed by atoms with Crippen molar-refractivity contribution in [3.8, 4) is 5.75 Å². The van der Waals surface area contributed by atoms with Gasteiger partial charge in [-0.25, -0.2) is 18.5 Å². The Morgan fingerprint density at radius 2 is 1.83 bits per heavy atom. The number of amides is 1.